The molecule has 2 unspecified atom stereocenters. The van der Waals surface area contributed by atoms with E-state index in [1.54, 1.807) is 0 Å². The van der Waals surface area contributed by atoms with Crippen molar-refractivity contribution in [1.82, 2.24) is 5.32 Å². The molecule has 0 aliphatic carbocycles. The van der Waals surface area contributed by atoms with Crippen molar-refractivity contribution in [2.45, 2.75) is 59.0 Å². The van der Waals surface area contributed by atoms with Crippen molar-refractivity contribution in [3.63, 3.8) is 0 Å². The van der Waals surface area contributed by atoms with Crippen molar-refractivity contribution in [2.24, 2.45) is 10.4 Å². The summed E-state index contributed by atoms with van der Waals surface area (Å²) in [6.45, 7) is 9.11. The van der Waals surface area contributed by atoms with Crippen LogP contribution in [0.15, 0.2) is 35.3 Å². The summed E-state index contributed by atoms with van der Waals surface area (Å²) in [7, 11) is 0. The van der Waals surface area contributed by atoms with Gasteiger partial charge in [-0.05, 0) is 37.2 Å². The molecule has 3 heteroatoms. The number of rotatable bonds is 4. The molecule has 2 atom stereocenters. The van der Waals surface area contributed by atoms with E-state index in [-0.39, 0.29) is 5.41 Å². The number of aliphatic imine (C=N–C) groups is 1. The molecule has 0 amide bonds. The molecule has 1 aliphatic rings. The molecule has 0 bridgehead atoms. The van der Waals surface area contributed by atoms with Crippen LogP contribution in [0, 0.1) is 5.41 Å². The van der Waals surface area contributed by atoms with Gasteiger partial charge in [0.25, 0.3) is 0 Å². The summed E-state index contributed by atoms with van der Waals surface area (Å²) >= 11 is 1.87. The summed E-state index contributed by atoms with van der Waals surface area (Å²) in [5.41, 5.74) is 1.68. The molecule has 2 rings (SSSR count). The van der Waals surface area contributed by atoms with Gasteiger partial charge in [-0.2, -0.15) is 0 Å². The van der Waals surface area contributed by atoms with Crippen LogP contribution in [0.4, 0.5) is 0 Å². The summed E-state index contributed by atoms with van der Waals surface area (Å²) in [4.78, 5) is 4.92. The zero-order valence-corrected chi connectivity index (χ0v) is 14.5. The van der Waals surface area contributed by atoms with Crippen molar-refractivity contribution in [2.75, 3.05) is 5.75 Å². The highest BCUT2D eigenvalue weighted by Crippen LogP contribution is 2.30. The fourth-order valence-corrected chi connectivity index (χ4v) is 3.55. The highest BCUT2D eigenvalue weighted by Gasteiger charge is 2.27. The third-order valence-electron chi connectivity index (χ3n) is 3.98. The number of nitrogens with zero attached hydrogens (tertiary/aromatic N) is 1. The minimum absolute atomic E-state index is 0.265. The molecule has 0 saturated carbocycles. The first kappa shape index (κ1) is 16.4. The summed E-state index contributed by atoms with van der Waals surface area (Å²) in [5, 5.41) is 4.74. The molecule has 2 nitrogen and oxygen atoms in total. The lowest BCUT2D eigenvalue weighted by atomic mass is 9.85. The predicted octanol–water partition coefficient (Wildman–Crippen LogP) is 4.50. The van der Waals surface area contributed by atoms with Crippen LogP contribution < -0.4 is 5.32 Å². The van der Waals surface area contributed by atoms with Crippen LogP contribution in [0.25, 0.3) is 0 Å². The van der Waals surface area contributed by atoms with Gasteiger partial charge in [-0.3, -0.25) is 4.99 Å². The van der Waals surface area contributed by atoms with Crippen LogP contribution in [0.5, 0.6) is 0 Å². The average Bonchev–Trinajstić information content (AvgIpc) is 2.46. The maximum absolute atomic E-state index is 4.92. The highest BCUT2D eigenvalue weighted by atomic mass is 32.2. The number of amidine groups is 1. The zero-order valence-electron chi connectivity index (χ0n) is 13.7. The molecule has 1 aliphatic heterocycles. The van der Waals surface area contributed by atoms with Gasteiger partial charge in [-0.15, -0.1) is 0 Å². The second-order valence-corrected chi connectivity index (χ2v) is 8.11. The molecule has 0 spiro atoms. The first-order valence-corrected chi connectivity index (χ1v) is 8.95. The van der Waals surface area contributed by atoms with Crippen LogP contribution in [0.2, 0.25) is 0 Å². The van der Waals surface area contributed by atoms with E-state index in [1.807, 2.05) is 11.8 Å². The SMILES string of the molecule is CC(CCc1ccccc1)NC1=NC(C(C)(C)C)CCS1. The van der Waals surface area contributed by atoms with Gasteiger partial charge in [0.1, 0.15) is 0 Å². The minimum atomic E-state index is 0.265. The molecule has 0 radical (unpaired) electrons. The Morgan fingerprint density at radius 1 is 1.29 bits per heavy atom. The summed E-state index contributed by atoms with van der Waals surface area (Å²) in [6, 6.07) is 11.6. The highest BCUT2D eigenvalue weighted by molar-refractivity contribution is 8.13. The Bertz CT molecular complexity index is 462. The van der Waals surface area contributed by atoms with Crippen LogP contribution >= 0.6 is 11.8 Å². The topological polar surface area (TPSA) is 24.4 Å². The first-order chi connectivity index (χ1) is 9.95. The number of thioether (sulfide) groups is 1. The van der Waals surface area contributed by atoms with Crippen molar-refractivity contribution < 1.29 is 0 Å². The van der Waals surface area contributed by atoms with Gasteiger partial charge >= 0.3 is 0 Å². The number of hydrogen-bond donors (Lipinski definition) is 1. The second-order valence-electron chi connectivity index (χ2n) is 7.02. The number of hydrogen-bond acceptors (Lipinski definition) is 3. The van der Waals surface area contributed by atoms with Gasteiger partial charge in [0.15, 0.2) is 5.17 Å². The number of aryl methyl sites for hydroxylation is 1. The molecule has 0 saturated heterocycles. The van der Waals surface area contributed by atoms with E-state index < -0.39 is 0 Å². The van der Waals surface area contributed by atoms with Gasteiger partial charge < -0.3 is 5.32 Å². The summed E-state index contributed by atoms with van der Waals surface area (Å²) in [5.74, 6) is 1.18. The number of nitrogens with one attached hydrogen (secondary N) is 1. The fraction of sp³-hybridized carbons (Fsp3) is 0.611. The monoisotopic (exact) mass is 304 g/mol. The predicted molar refractivity (Wildman–Crippen MR) is 95.1 cm³/mol. The van der Waals surface area contributed by atoms with Gasteiger partial charge in [0.05, 0.1) is 6.04 Å². The van der Waals surface area contributed by atoms with Gasteiger partial charge in [0.2, 0.25) is 0 Å². The standard InChI is InChI=1S/C18H28N2S/c1-14(10-11-15-8-6-5-7-9-15)19-17-20-16(12-13-21-17)18(2,3)4/h5-9,14,16H,10-13H2,1-4H3,(H,19,20). The Labute approximate surface area is 133 Å². The lowest BCUT2D eigenvalue weighted by molar-refractivity contribution is 0.315. The van der Waals surface area contributed by atoms with Crippen molar-refractivity contribution >= 4 is 16.9 Å². The van der Waals surface area contributed by atoms with E-state index in [4.69, 9.17) is 4.99 Å². The molecule has 116 valence electrons. The smallest absolute Gasteiger partial charge is 0.157 e. The molecule has 0 aromatic heterocycles. The Kier molecular flexibility index (Phi) is 5.74. The van der Waals surface area contributed by atoms with Gasteiger partial charge in [-0.25, -0.2) is 0 Å². The first-order valence-electron chi connectivity index (χ1n) is 7.96. The molecule has 21 heavy (non-hydrogen) atoms. The van der Waals surface area contributed by atoms with Crippen molar-refractivity contribution in [3.8, 4) is 0 Å². The molecule has 1 aromatic carbocycles. The lowest BCUT2D eigenvalue weighted by Gasteiger charge is -2.31. The van der Waals surface area contributed by atoms with Crippen LogP contribution in [-0.2, 0) is 6.42 Å². The third-order valence-corrected chi connectivity index (χ3v) is 4.92. The Hall–Kier alpha value is -0.960. The van der Waals surface area contributed by atoms with Crippen molar-refractivity contribution in [1.29, 1.82) is 0 Å². The molecular formula is C18H28N2S. The van der Waals surface area contributed by atoms with Crippen molar-refractivity contribution in [3.05, 3.63) is 35.9 Å². The zero-order chi connectivity index (χ0) is 15.3. The number of benzene rings is 1. The lowest BCUT2D eigenvalue weighted by Crippen LogP contribution is -2.37. The molecule has 1 aromatic rings. The molecular weight excluding hydrogens is 276 g/mol. The van der Waals surface area contributed by atoms with Crippen LogP contribution in [0.1, 0.15) is 46.1 Å². The van der Waals surface area contributed by atoms with E-state index in [0.717, 1.165) is 18.0 Å². The Morgan fingerprint density at radius 2 is 2.00 bits per heavy atom. The van der Waals surface area contributed by atoms with E-state index >= 15 is 0 Å². The van der Waals surface area contributed by atoms with E-state index in [9.17, 15) is 0 Å². The quantitative estimate of drug-likeness (QED) is 0.885. The summed E-state index contributed by atoms with van der Waals surface area (Å²) < 4.78 is 0. The van der Waals surface area contributed by atoms with Crippen LogP contribution in [-0.4, -0.2) is 23.0 Å². The average molecular weight is 305 g/mol. The maximum Gasteiger partial charge on any atom is 0.157 e. The van der Waals surface area contributed by atoms with E-state index in [1.165, 1.54) is 17.7 Å². The van der Waals surface area contributed by atoms with E-state index in [0.29, 0.717) is 12.1 Å². The van der Waals surface area contributed by atoms with Gasteiger partial charge in [0, 0.05) is 11.8 Å². The Balaban J connectivity index is 1.84. The largest absolute Gasteiger partial charge is 0.362 e. The van der Waals surface area contributed by atoms with Gasteiger partial charge in [-0.1, -0.05) is 62.9 Å². The minimum Gasteiger partial charge on any atom is -0.362 e. The summed E-state index contributed by atoms with van der Waals surface area (Å²) in [6.07, 6.45) is 3.46. The maximum atomic E-state index is 4.92. The third kappa shape index (κ3) is 5.39. The Morgan fingerprint density at radius 3 is 2.67 bits per heavy atom. The second kappa shape index (κ2) is 7.35. The molecule has 1 N–H and O–H groups in total. The van der Waals surface area contributed by atoms with E-state index in [2.05, 4.69) is 63.3 Å². The fourth-order valence-electron chi connectivity index (χ4n) is 2.53. The molecule has 1 heterocycles. The normalized spacial score (nSPS) is 20.8. The van der Waals surface area contributed by atoms with Crippen LogP contribution in [0.3, 0.4) is 0 Å². The molecule has 0 fully saturated rings.